The van der Waals surface area contributed by atoms with E-state index in [2.05, 4.69) is 20.3 Å². The van der Waals surface area contributed by atoms with Crippen LogP contribution < -0.4 is 15.6 Å². The Morgan fingerprint density at radius 2 is 2.15 bits per heavy atom. The summed E-state index contributed by atoms with van der Waals surface area (Å²) in [5.41, 5.74) is -0.956. The summed E-state index contributed by atoms with van der Waals surface area (Å²) in [4.78, 5) is 43.2. The zero-order chi connectivity index (χ0) is 20.2. The Labute approximate surface area is 155 Å². The van der Waals surface area contributed by atoms with Crippen molar-refractivity contribution in [2.45, 2.75) is 6.18 Å². The van der Waals surface area contributed by atoms with E-state index in [0.717, 1.165) is 23.4 Å². The van der Waals surface area contributed by atoms with Gasteiger partial charge in [-0.05, 0) is 6.07 Å². The Bertz CT molecular complexity index is 787. The first-order valence-electron chi connectivity index (χ1n) is 7.40. The molecule has 0 spiro atoms. The van der Waals surface area contributed by atoms with Gasteiger partial charge in [-0.2, -0.15) is 13.2 Å². The van der Waals surface area contributed by atoms with Crippen molar-refractivity contribution >= 4 is 41.5 Å². The number of H-pyrrole nitrogens is 1. The summed E-state index contributed by atoms with van der Waals surface area (Å²) in [6, 6.07) is -0.189. The summed E-state index contributed by atoms with van der Waals surface area (Å²) in [7, 11) is 1.22. The highest BCUT2D eigenvalue weighted by Crippen LogP contribution is 2.31. The number of pyridine rings is 1. The molecule has 27 heavy (non-hydrogen) atoms. The molecule has 9 nitrogen and oxygen atoms in total. The second-order valence-corrected chi connectivity index (χ2v) is 5.64. The van der Waals surface area contributed by atoms with E-state index in [9.17, 15) is 27.6 Å². The van der Waals surface area contributed by atoms with Gasteiger partial charge in [0.1, 0.15) is 24.9 Å². The van der Waals surface area contributed by atoms with Gasteiger partial charge < -0.3 is 4.84 Å². The Balaban J connectivity index is 2.01. The van der Waals surface area contributed by atoms with Gasteiger partial charge >= 0.3 is 12.2 Å². The molecule has 0 radical (unpaired) electrons. The summed E-state index contributed by atoms with van der Waals surface area (Å²) < 4.78 is 37.8. The Hall–Kier alpha value is -2.89. The van der Waals surface area contributed by atoms with Gasteiger partial charge in [0.25, 0.3) is 5.82 Å². The molecule has 4 amide bonds. The Morgan fingerprint density at radius 1 is 1.44 bits per heavy atom. The lowest BCUT2D eigenvalue weighted by Crippen LogP contribution is -2.59. The van der Waals surface area contributed by atoms with Gasteiger partial charge in [0.15, 0.2) is 5.92 Å². The maximum absolute atomic E-state index is 12.6. The number of hydrogen-bond acceptors (Lipinski definition) is 6. The number of aromatic amines is 1. The smallest absolute Gasteiger partial charge is 0.399 e. The number of carbonyl (C=O) groups is 3. The number of carbonyl (C=O) groups excluding carboxylic acids is 3. The topological polar surface area (TPSA) is 114 Å². The van der Waals surface area contributed by atoms with Crippen molar-refractivity contribution in [3.63, 3.8) is 0 Å². The van der Waals surface area contributed by atoms with Gasteiger partial charge in [0.05, 0.1) is 18.3 Å². The molecular weight excluding hydrogens is 395 g/mol. The van der Waals surface area contributed by atoms with Gasteiger partial charge in [-0.3, -0.25) is 25.1 Å². The molecule has 2 rings (SSSR count). The fourth-order valence-corrected chi connectivity index (χ4v) is 2.40. The number of halogens is 4. The average Bonchev–Trinajstić information content (AvgIpc) is 2.57. The van der Waals surface area contributed by atoms with Crippen LogP contribution in [-0.2, 0) is 20.6 Å². The second kappa shape index (κ2) is 8.20. The summed E-state index contributed by atoms with van der Waals surface area (Å²) in [6.45, 7) is -0.219. The molecule has 0 aliphatic carbocycles. The van der Waals surface area contributed by atoms with E-state index >= 15 is 0 Å². The van der Waals surface area contributed by atoms with Crippen LogP contribution in [0, 0.1) is 5.92 Å². The molecule has 2 heterocycles. The molecule has 0 saturated carbocycles. The van der Waals surface area contributed by atoms with E-state index in [1.165, 1.54) is 7.11 Å². The maximum atomic E-state index is 12.6. The fraction of sp³-hybridized carbons (Fsp3) is 0.357. The Kier molecular flexibility index (Phi) is 6.20. The first-order chi connectivity index (χ1) is 12.6. The lowest BCUT2D eigenvalue weighted by molar-refractivity contribution is -0.364. The summed E-state index contributed by atoms with van der Waals surface area (Å²) in [5.74, 6) is -2.91. The number of nitrogens with zero attached hydrogens (tertiary/aromatic N) is 2. The monoisotopic (exact) mass is 408 g/mol. The summed E-state index contributed by atoms with van der Waals surface area (Å²) in [6.07, 6.45) is -2.88. The molecule has 0 unspecified atom stereocenters. The molecule has 0 aromatic carbocycles. The van der Waals surface area contributed by atoms with Crippen molar-refractivity contribution in [3.05, 3.63) is 22.8 Å². The highest BCUT2D eigenvalue weighted by Gasteiger charge is 2.39. The third-order valence-electron chi connectivity index (χ3n) is 3.46. The predicted octanol–water partition coefficient (Wildman–Crippen LogP) is 0.912. The van der Waals surface area contributed by atoms with E-state index in [0.29, 0.717) is 0 Å². The van der Waals surface area contributed by atoms with Crippen molar-refractivity contribution in [1.82, 2.24) is 10.2 Å². The highest BCUT2D eigenvalue weighted by atomic mass is 35.5. The van der Waals surface area contributed by atoms with E-state index in [1.54, 1.807) is 0 Å². The zero-order valence-corrected chi connectivity index (χ0v) is 14.5. The van der Waals surface area contributed by atoms with Crippen LogP contribution in [0.15, 0.2) is 17.4 Å². The minimum atomic E-state index is -4.55. The third kappa shape index (κ3) is 4.84. The van der Waals surface area contributed by atoms with Crippen molar-refractivity contribution in [3.8, 4) is 0 Å². The normalized spacial score (nSPS) is 18.0. The van der Waals surface area contributed by atoms with Gasteiger partial charge in [0, 0.05) is 0 Å². The molecule has 1 fully saturated rings. The van der Waals surface area contributed by atoms with Crippen LogP contribution in [0.1, 0.15) is 5.56 Å². The number of barbiturate groups is 1. The molecule has 1 aliphatic rings. The first kappa shape index (κ1) is 20.4. The minimum absolute atomic E-state index is 0.0386. The van der Waals surface area contributed by atoms with E-state index in [4.69, 9.17) is 11.6 Å². The maximum Gasteiger partial charge on any atom is 0.419 e. The molecule has 146 valence electrons. The molecule has 3 N–H and O–H groups in total. The lowest BCUT2D eigenvalue weighted by Gasteiger charge is -2.27. The molecule has 1 aliphatic heterocycles. The van der Waals surface area contributed by atoms with Crippen LogP contribution in [0.5, 0.6) is 0 Å². The van der Waals surface area contributed by atoms with Crippen LogP contribution in [0.3, 0.4) is 0 Å². The van der Waals surface area contributed by atoms with E-state index < -0.39 is 35.5 Å². The molecule has 0 bridgehead atoms. The molecular formula is C14H14ClF3N5O4+. The first-order valence-corrected chi connectivity index (χ1v) is 7.78. The molecule has 1 aromatic heterocycles. The lowest BCUT2D eigenvalue weighted by atomic mass is 10.1. The number of nitrogens with one attached hydrogen (secondary N) is 3. The second-order valence-electron chi connectivity index (χ2n) is 5.23. The fourth-order valence-electron chi connectivity index (χ4n) is 2.16. The van der Waals surface area contributed by atoms with E-state index in [1.807, 2.05) is 5.32 Å². The van der Waals surface area contributed by atoms with Gasteiger partial charge in [0.2, 0.25) is 11.8 Å². The number of aromatic nitrogens is 1. The number of amides is 4. The van der Waals surface area contributed by atoms with Crippen LogP contribution in [0.25, 0.3) is 0 Å². The van der Waals surface area contributed by atoms with Crippen molar-refractivity contribution in [1.29, 1.82) is 0 Å². The number of imide groups is 2. The average molecular weight is 409 g/mol. The Morgan fingerprint density at radius 3 is 2.74 bits per heavy atom. The number of anilines is 1. The largest absolute Gasteiger partial charge is 0.419 e. The number of rotatable bonds is 6. The SMILES string of the molecule is CON=C[C@@H]1C(=O)NC(=O)N(CCNc2[nH+]cc(C(F)(F)F)cc2Cl)C1=O. The van der Waals surface area contributed by atoms with Crippen LogP contribution in [0.4, 0.5) is 23.8 Å². The van der Waals surface area contributed by atoms with Crippen molar-refractivity contribution in [2.24, 2.45) is 11.1 Å². The van der Waals surface area contributed by atoms with Gasteiger partial charge in [-0.15, -0.1) is 0 Å². The predicted molar refractivity (Wildman–Crippen MR) is 85.7 cm³/mol. The molecule has 1 aromatic rings. The molecule has 1 atom stereocenters. The van der Waals surface area contributed by atoms with Crippen LogP contribution in [-0.4, -0.2) is 49.2 Å². The van der Waals surface area contributed by atoms with Crippen LogP contribution in [0.2, 0.25) is 5.02 Å². The minimum Gasteiger partial charge on any atom is -0.399 e. The van der Waals surface area contributed by atoms with Crippen molar-refractivity contribution < 1.29 is 37.4 Å². The number of alkyl halides is 3. The summed E-state index contributed by atoms with van der Waals surface area (Å²) >= 11 is 5.78. The highest BCUT2D eigenvalue weighted by molar-refractivity contribution is 6.32. The number of hydrogen-bond donors (Lipinski definition) is 2. The van der Waals surface area contributed by atoms with Crippen molar-refractivity contribution in [2.75, 3.05) is 25.5 Å². The quantitative estimate of drug-likeness (QED) is 0.412. The van der Waals surface area contributed by atoms with Crippen LogP contribution >= 0.6 is 11.6 Å². The number of urea groups is 1. The van der Waals surface area contributed by atoms with E-state index in [-0.39, 0.29) is 23.9 Å². The van der Waals surface area contributed by atoms with Gasteiger partial charge in [-0.1, -0.05) is 16.8 Å². The molecule has 13 heteroatoms. The number of oxime groups is 1. The zero-order valence-electron chi connectivity index (χ0n) is 13.8. The van der Waals surface area contributed by atoms with Gasteiger partial charge in [-0.25, -0.2) is 9.78 Å². The third-order valence-corrected chi connectivity index (χ3v) is 3.76. The summed E-state index contributed by atoms with van der Waals surface area (Å²) in [5, 5.41) is 7.80. The standard InChI is InChI=1S/C14H13ClF3N5O4/c1-27-21-6-8-11(24)22-13(26)23(12(8)25)3-2-19-10-9(15)4-7(5-20-10)14(16,17)18/h4-6,8H,2-3H2,1H3,(H,19,20)(H,22,24,26)/p+1/t8-/m1/s1. The molecule has 1 saturated heterocycles.